The van der Waals surface area contributed by atoms with Crippen LogP contribution in [0.25, 0.3) is 0 Å². The molecule has 0 bridgehead atoms. The van der Waals surface area contributed by atoms with Gasteiger partial charge in [0.15, 0.2) is 18.6 Å². The molecule has 0 spiro atoms. The Morgan fingerprint density at radius 1 is 0.595 bits per heavy atom. The molecule has 42 heavy (non-hydrogen) atoms. The molecule has 1 aliphatic carbocycles. The van der Waals surface area contributed by atoms with E-state index >= 15 is 0 Å². The summed E-state index contributed by atoms with van der Waals surface area (Å²) in [5.74, 6) is 0. The van der Waals surface area contributed by atoms with E-state index in [2.05, 4.69) is 22.9 Å². The highest BCUT2D eigenvalue weighted by molar-refractivity contribution is 5.00. The summed E-state index contributed by atoms with van der Waals surface area (Å²) in [4.78, 5) is 0. The Bertz CT molecular complexity index is 866. The van der Waals surface area contributed by atoms with Gasteiger partial charge in [-0.3, -0.25) is 0 Å². The van der Waals surface area contributed by atoms with E-state index in [0.717, 1.165) is 0 Å². The van der Waals surface area contributed by atoms with E-state index in [4.69, 9.17) is 34.2 Å². The zero-order valence-corrected chi connectivity index (χ0v) is 23.2. The van der Waals surface area contributed by atoms with Crippen LogP contribution in [0.4, 0.5) is 0 Å². The third-order valence-electron chi connectivity index (χ3n) is 8.55. The molecule has 22 N–H and O–H groups in total. The first kappa shape index (κ1) is 34.1. The molecule has 3 heterocycles. The van der Waals surface area contributed by atoms with Gasteiger partial charge in [0, 0.05) is 12.5 Å². The third-order valence-corrected chi connectivity index (χ3v) is 8.55. The van der Waals surface area contributed by atoms with Crippen LogP contribution in [-0.2, 0) is 28.4 Å². The van der Waals surface area contributed by atoms with Gasteiger partial charge in [-0.2, -0.15) is 0 Å². The molecule has 0 aromatic rings. The molecule has 0 amide bonds. The van der Waals surface area contributed by atoms with Crippen LogP contribution in [0.15, 0.2) is 0 Å². The molecule has 19 unspecified atom stereocenters. The van der Waals surface area contributed by atoms with Gasteiger partial charge in [0.05, 0.1) is 6.61 Å². The van der Waals surface area contributed by atoms with E-state index < -0.39 is 123 Å². The van der Waals surface area contributed by atoms with Crippen molar-refractivity contribution in [3.63, 3.8) is 0 Å². The Labute approximate surface area is 240 Å². The lowest BCUT2D eigenvalue weighted by Gasteiger charge is -2.45. The van der Waals surface area contributed by atoms with Crippen LogP contribution < -0.4 is 28.7 Å². The summed E-state index contributed by atoms with van der Waals surface area (Å²) in [6, 6.07) is -2.30. The van der Waals surface area contributed by atoms with Crippen LogP contribution in [0.1, 0.15) is 6.42 Å². The van der Waals surface area contributed by atoms with Crippen molar-refractivity contribution in [3.05, 3.63) is 0 Å². The van der Waals surface area contributed by atoms with Gasteiger partial charge in [-0.25, -0.2) is 0 Å². The summed E-state index contributed by atoms with van der Waals surface area (Å²) in [6.45, 7) is -0.478. The SMILES string of the molecule is NC1CC([NH3+])C(O)C(OC2OC(CO)C(OC3OC(C[NH3+])C(O)C(O)C3O)C2O)C1OC1OC(C[NH3+])C(O)C(O)C1[NH3+]. The van der Waals surface area contributed by atoms with E-state index in [-0.39, 0.29) is 19.5 Å². The largest absolute Gasteiger partial charge is 0.394 e. The minimum absolute atomic E-state index is 0.0431. The standard InChI is InChI=1S/C23H45N5O14/c24-2-7-12(31)14(33)10(28)21(37-7)40-18-6(27)1-5(26)11(30)20(18)42-23-17(36)19(9(4-29)39-23)41-22-16(35)15(34)13(32)8(3-25)38-22/h5-23,29-36H,1-4,24-28H2/p+4. The second kappa shape index (κ2) is 14.1. The van der Waals surface area contributed by atoms with E-state index in [1.165, 1.54) is 0 Å². The minimum Gasteiger partial charge on any atom is -0.394 e. The van der Waals surface area contributed by atoms with Crippen molar-refractivity contribution < 1.29 is 92.2 Å². The van der Waals surface area contributed by atoms with Gasteiger partial charge >= 0.3 is 0 Å². The van der Waals surface area contributed by atoms with E-state index in [0.29, 0.717) is 0 Å². The highest BCUT2D eigenvalue weighted by atomic mass is 16.8. The first-order valence-electron chi connectivity index (χ1n) is 14.1. The van der Waals surface area contributed by atoms with Crippen LogP contribution >= 0.6 is 0 Å². The predicted octanol–water partition coefficient (Wildman–Crippen LogP) is -11.7. The van der Waals surface area contributed by atoms with Gasteiger partial charge < -0.3 is 97.9 Å². The number of rotatable bonds is 9. The first-order valence-corrected chi connectivity index (χ1v) is 14.1. The fourth-order valence-corrected chi connectivity index (χ4v) is 5.89. The van der Waals surface area contributed by atoms with Crippen molar-refractivity contribution in [1.29, 1.82) is 0 Å². The molecule has 19 atom stereocenters. The van der Waals surface area contributed by atoms with Crippen LogP contribution in [-0.4, -0.2) is 177 Å². The summed E-state index contributed by atoms with van der Waals surface area (Å²) >= 11 is 0. The van der Waals surface area contributed by atoms with Crippen LogP contribution in [0.3, 0.4) is 0 Å². The average molecular weight is 620 g/mol. The highest BCUT2D eigenvalue weighted by Crippen LogP contribution is 2.34. The summed E-state index contributed by atoms with van der Waals surface area (Å²) in [5.41, 5.74) is 21.5. The summed E-state index contributed by atoms with van der Waals surface area (Å²) < 4.78 is 34.8. The van der Waals surface area contributed by atoms with Gasteiger partial charge in [-0.1, -0.05) is 0 Å². The minimum atomic E-state index is -1.70. The van der Waals surface area contributed by atoms with Crippen molar-refractivity contribution in [2.45, 2.75) is 123 Å². The Morgan fingerprint density at radius 2 is 1.10 bits per heavy atom. The first-order chi connectivity index (χ1) is 19.8. The number of hydrogen-bond acceptors (Lipinski definition) is 15. The van der Waals surface area contributed by atoms with Crippen molar-refractivity contribution >= 4 is 0 Å². The number of aliphatic hydroxyl groups is 8. The zero-order valence-electron chi connectivity index (χ0n) is 23.2. The lowest BCUT2D eigenvalue weighted by molar-refractivity contribution is -0.516. The lowest BCUT2D eigenvalue weighted by Crippen LogP contribution is -2.81. The summed E-state index contributed by atoms with van der Waals surface area (Å²) in [6.07, 6.45) is -20.8. The second-order valence-corrected chi connectivity index (χ2v) is 11.4. The molecular weight excluding hydrogens is 570 g/mol. The van der Waals surface area contributed by atoms with Crippen molar-refractivity contribution in [3.8, 4) is 0 Å². The Morgan fingerprint density at radius 3 is 1.69 bits per heavy atom. The third kappa shape index (κ3) is 6.60. The summed E-state index contributed by atoms with van der Waals surface area (Å²) in [7, 11) is 0. The van der Waals surface area contributed by atoms with Gasteiger partial charge in [-0.05, 0) is 0 Å². The zero-order chi connectivity index (χ0) is 31.0. The Hall–Kier alpha value is -0.760. The number of quaternary nitrogens is 4. The molecule has 3 aliphatic heterocycles. The molecule has 0 aromatic heterocycles. The quantitative estimate of drug-likeness (QED) is 0.114. The molecule has 246 valence electrons. The van der Waals surface area contributed by atoms with E-state index in [9.17, 15) is 40.9 Å². The molecule has 1 saturated carbocycles. The Balaban J connectivity index is 1.50. The van der Waals surface area contributed by atoms with Crippen LogP contribution in [0.2, 0.25) is 0 Å². The number of ether oxygens (including phenoxy) is 6. The molecule has 4 fully saturated rings. The molecule has 19 heteroatoms. The normalized spacial score (nSPS) is 53.8. The van der Waals surface area contributed by atoms with Crippen LogP contribution in [0.5, 0.6) is 0 Å². The van der Waals surface area contributed by atoms with Gasteiger partial charge in [0.25, 0.3) is 0 Å². The van der Waals surface area contributed by atoms with Crippen LogP contribution in [0, 0.1) is 0 Å². The average Bonchev–Trinajstić information content (AvgIpc) is 3.27. The molecule has 4 rings (SSSR count). The van der Waals surface area contributed by atoms with Gasteiger partial charge in [0.1, 0.15) is 98.5 Å². The van der Waals surface area contributed by atoms with Gasteiger partial charge in [0.2, 0.25) is 6.29 Å². The maximum Gasteiger partial charge on any atom is 0.214 e. The van der Waals surface area contributed by atoms with E-state index in [1.54, 1.807) is 0 Å². The molecule has 3 saturated heterocycles. The topological polar surface area (TPSA) is 354 Å². The smallest absolute Gasteiger partial charge is 0.214 e. The second-order valence-electron chi connectivity index (χ2n) is 11.4. The maximum absolute atomic E-state index is 11.1. The Kier molecular flexibility index (Phi) is 11.5. The maximum atomic E-state index is 11.1. The number of nitrogens with two attached hydrogens (primary N) is 1. The monoisotopic (exact) mass is 619 g/mol. The molecule has 19 nitrogen and oxygen atoms in total. The number of hydrogen-bond donors (Lipinski definition) is 13. The lowest BCUT2D eigenvalue weighted by atomic mass is 9.84. The molecular formula is C23H49N5O14+4. The van der Waals surface area contributed by atoms with E-state index in [1.807, 2.05) is 0 Å². The highest BCUT2D eigenvalue weighted by Gasteiger charge is 2.55. The van der Waals surface area contributed by atoms with Crippen molar-refractivity contribution in [2.75, 3.05) is 19.7 Å². The van der Waals surface area contributed by atoms with Crippen molar-refractivity contribution in [2.24, 2.45) is 5.73 Å². The van der Waals surface area contributed by atoms with Gasteiger partial charge in [-0.15, -0.1) is 0 Å². The number of aliphatic hydroxyl groups excluding tert-OH is 8. The molecule has 4 aliphatic rings. The molecule has 0 aromatic carbocycles. The predicted molar refractivity (Wildman–Crippen MR) is 131 cm³/mol. The molecule has 0 radical (unpaired) electrons. The fraction of sp³-hybridized carbons (Fsp3) is 1.00. The van der Waals surface area contributed by atoms with Crippen molar-refractivity contribution in [1.82, 2.24) is 0 Å². The fourth-order valence-electron chi connectivity index (χ4n) is 5.89. The summed E-state index contributed by atoms with van der Waals surface area (Å²) in [5, 5.41) is 83.5.